The van der Waals surface area contributed by atoms with Crippen LogP contribution in [0.4, 0.5) is 24.5 Å². The van der Waals surface area contributed by atoms with Gasteiger partial charge in [0.25, 0.3) is 5.91 Å². The van der Waals surface area contributed by atoms with E-state index in [9.17, 15) is 18.0 Å². The number of hydrogen-bond acceptors (Lipinski definition) is 3. The average Bonchev–Trinajstić information content (AvgIpc) is 3.14. The number of carbonyl (C=O) groups is 1. The molecule has 0 radical (unpaired) electrons. The molecule has 0 unspecified atom stereocenters. The lowest BCUT2D eigenvalue weighted by atomic mass is 10.1. The van der Waals surface area contributed by atoms with Gasteiger partial charge in [0.15, 0.2) is 22.6 Å². The standard InChI is InChI=1S/C18H14Cl2F3N3OS/c19-9-3-4-13(11(20)7-9)24-18(28)25-17(27)10-8-12(21)16(15(23)14(10)22)26-5-1-2-6-26/h3-4,7-8H,1-2,5-6H2,(H2,24,25,27,28). The van der Waals surface area contributed by atoms with E-state index in [1.807, 2.05) is 0 Å². The van der Waals surface area contributed by atoms with Gasteiger partial charge in [0.2, 0.25) is 0 Å². The van der Waals surface area contributed by atoms with Crippen LogP contribution in [0.25, 0.3) is 0 Å². The first-order chi connectivity index (χ1) is 13.3. The molecule has 0 saturated carbocycles. The number of thiocarbonyl (C=S) groups is 1. The van der Waals surface area contributed by atoms with Crippen molar-refractivity contribution < 1.29 is 18.0 Å². The summed E-state index contributed by atoms with van der Waals surface area (Å²) >= 11 is 16.8. The second-order valence-corrected chi connectivity index (χ2v) is 7.36. The molecule has 1 aliphatic heterocycles. The van der Waals surface area contributed by atoms with E-state index in [2.05, 4.69) is 10.6 Å². The van der Waals surface area contributed by atoms with Crippen LogP contribution in [-0.2, 0) is 0 Å². The molecule has 0 aromatic heterocycles. The summed E-state index contributed by atoms with van der Waals surface area (Å²) in [6, 6.07) is 5.19. The number of amides is 1. The molecule has 28 heavy (non-hydrogen) atoms. The zero-order chi connectivity index (χ0) is 20.4. The number of nitrogens with zero attached hydrogens (tertiary/aromatic N) is 1. The summed E-state index contributed by atoms with van der Waals surface area (Å²) in [7, 11) is 0. The van der Waals surface area contributed by atoms with E-state index >= 15 is 0 Å². The van der Waals surface area contributed by atoms with Crippen LogP contribution in [0.3, 0.4) is 0 Å². The molecule has 0 aliphatic carbocycles. The van der Waals surface area contributed by atoms with Crippen LogP contribution in [-0.4, -0.2) is 24.1 Å². The molecule has 2 aromatic rings. The van der Waals surface area contributed by atoms with Crippen LogP contribution in [0.2, 0.25) is 10.0 Å². The lowest BCUT2D eigenvalue weighted by molar-refractivity contribution is 0.0972. The molecular formula is C18H14Cl2F3N3OS. The predicted molar refractivity (Wildman–Crippen MR) is 108 cm³/mol. The molecule has 148 valence electrons. The van der Waals surface area contributed by atoms with E-state index in [4.69, 9.17) is 35.4 Å². The van der Waals surface area contributed by atoms with Crippen LogP contribution in [0.5, 0.6) is 0 Å². The highest BCUT2D eigenvalue weighted by atomic mass is 35.5. The van der Waals surface area contributed by atoms with Gasteiger partial charge in [0, 0.05) is 18.1 Å². The monoisotopic (exact) mass is 447 g/mol. The van der Waals surface area contributed by atoms with Crippen LogP contribution in [0, 0.1) is 17.5 Å². The zero-order valence-corrected chi connectivity index (χ0v) is 16.6. The molecule has 0 spiro atoms. The van der Waals surface area contributed by atoms with Gasteiger partial charge in [-0.1, -0.05) is 23.2 Å². The third-order valence-electron chi connectivity index (χ3n) is 4.21. The summed E-state index contributed by atoms with van der Waals surface area (Å²) in [5.74, 6) is -4.93. The van der Waals surface area contributed by atoms with Crippen molar-refractivity contribution in [3.63, 3.8) is 0 Å². The van der Waals surface area contributed by atoms with Gasteiger partial charge in [-0.05, 0) is 49.3 Å². The van der Waals surface area contributed by atoms with Gasteiger partial charge in [-0.25, -0.2) is 13.2 Å². The normalized spacial score (nSPS) is 13.5. The van der Waals surface area contributed by atoms with Gasteiger partial charge >= 0.3 is 0 Å². The Hall–Kier alpha value is -2.03. The Morgan fingerprint density at radius 1 is 1.07 bits per heavy atom. The lowest BCUT2D eigenvalue weighted by Gasteiger charge is -2.20. The van der Waals surface area contributed by atoms with Crippen molar-refractivity contribution in [3.8, 4) is 0 Å². The summed E-state index contributed by atoms with van der Waals surface area (Å²) in [5, 5.41) is 5.22. The Morgan fingerprint density at radius 3 is 2.39 bits per heavy atom. The number of hydrogen-bond donors (Lipinski definition) is 2. The Labute approximate surface area is 174 Å². The number of rotatable bonds is 3. The smallest absolute Gasteiger partial charge is 0.260 e. The van der Waals surface area contributed by atoms with Crippen molar-refractivity contribution in [3.05, 3.63) is 57.3 Å². The molecule has 0 bridgehead atoms. The van der Waals surface area contributed by atoms with Crippen LogP contribution in [0.15, 0.2) is 24.3 Å². The predicted octanol–water partition coefficient (Wildman–Crippen LogP) is 5.14. The molecule has 1 fully saturated rings. The molecule has 4 nitrogen and oxygen atoms in total. The Morgan fingerprint density at radius 2 is 1.75 bits per heavy atom. The summed E-state index contributed by atoms with van der Waals surface area (Å²) in [4.78, 5) is 13.7. The summed E-state index contributed by atoms with van der Waals surface area (Å²) in [6.45, 7) is 0.851. The van der Waals surface area contributed by atoms with Gasteiger partial charge in [-0.2, -0.15) is 0 Å². The van der Waals surface area contributed by atoms with E-state index in [-0.39, 0.29) is 10.1 Å². The fourth-order valence-electron chi connectivity index (χ4n) is 2.90. The van der Waals surface area contributed by atoms with Gasteiger partial charge in [-0.15, -0.1) is 0 Å². The number of benzene rings is 2. The second-order valence-electron chi connectivity index (χ2n) is 6.11. The van der Waals surface area contributed by atoms with Gasteiger partial charge < -0.3 is 10.2 Å². The lowest BCUT2D eigenvalue weighted by Crippen LogP contribution is -2.35. The molecule has 10 heteroatoms. The first-order valence-corrected chi connectivity index (χ1v) is 9.44. The quantitative estimate of drug-likeness (QED) is 0.505. The first kappa shape index (κ1) is 20.7. The van der Waals surface area contributed by atoms with E-state index in [0.717, 1.165) is 12.8 Å². The second kappa shape index (κ2) is 8.55. The van der Waals surface area contributed by atoms with Crippen molar-refractivity contribution >= 4 is 57.8 Å². The number of halogens is 5. The molecule has 2 aromatic carbocycles. The highest BCUT2D eigenvalue weighted by Crippen LogP contribution is 2.30. The average molecular weight is 448 g/mol. The van der Waals surface area contributed by atoms with Gasteiger partial charge in [0.05, 0.1) is 16.3 Å². The van der Waals surface area contributed by atoms with Crippen molar-refractivity contribution in [1.29, 1.82) is 0 Å². The van der Waals surface area contributed by atoms with Crippen molar-refractivity contribution in [2.45, 2.75) is 12.8 Å². The number of carbonyl (C=O) groups excluding carboxylic acids is 1. The Kier molecular flexibility index (Phi) is 6.32. The molecule has 2 N–H and O–H groups in total. The fourth-order valence-corrected chi connectivity index (χ4v) is 3.55. The maximum atomic E-state index is 14.4. The van der Waals surface area contributed by atoms with E-state index in [1.54, 1.807) is 6.07 Å². The van der Waals surface area contributed by atoms with Crippen molar-refractivity contribution in [2.24, 2.45) is 0 Å². The molecular weight excluding hydrogens is 434 g/mol. The highest BCUT2D eigenvalue weighted by Gasteiger charge is 2.27. The SMILES string of the molecule is O=C(NC(=S)Nc1ccc(Cl)cc1Cl)c1cc(F)c(N2CCCC2)c(F)c1F. The third-order valence-corrected chi connectivity index (χ3v) is 4.96. The summed E-state index contributed by atoms with van der Waals surface area (Å²) < 4.78 is 43.2. The maximum absolute atomic E-state index is 14.4. The molecule has 1 amide bonds. The number of anilines is 2. The third kappa shape index (κ3) is 4.34. The molecule has 3 rings (SSSR count). The minimum absolute atomic E-state index is 0.224. The molecule has 0 atom stereocenters. The van der Waals surface area contributed by atoms with Crippen molar-refractivity contribution in [2.75, 3.05) is 23.3 Å². The molecule has 1 aliphatic rings. The summed E-state index contributed by atoms with van der Waals surface area (Å²) in [5.41, 5.74) is -0.900. The van der Waals surface area contributed by atoms with Gasteiger partial charge in [0.1, 0.15) is 5.69 Å². The summed E-state index contributed by atoms with van der Waals surface area (Å²) in [6.07, 6.45) is 1.52. The Bertz CT molecular complexity index is 952. The van der Waals surface area contributed by atoms with Crippen LogP contribution >= 0.6 is 35.4 Å². The maximum Gasteiger partial charge on any atom is 0.260 e. The van der Waals surface area contributed by atoms with Crippen molar-refractivity contribution in [1.82, 2.24) is 5.32 Å². The minimum Gasteiger partial charge on any atom is -0.367 e. The minimum atomic E-state index is -1.44. The van der Waals surface area contributed by atoms with E-state index in [1.165, 1.54) is 17.0 Å². The van der Waals surface area contributed by atoms with Crippen LogP contribution < -0.4 is 15.5 Å². The first-order valence-electron chi connectivity index (χ1n) is 8.27. The number of nitrogens with one attached hydrogen (secondary N) is 2. The zero-order valence-electron chi connectivity index (χ0n) is 14.3. The fraction of sp³-hybridized carbons (Fsp3) is 0.222. The molecule has 1 heterocycles. The topological polar surface area (TPSA) is 44.4 Å². The largest absolute Gasteiger partial charge is 0.367 e. The van der Waals surface area contributed by atoms with E-state index < -0.39 is 34.6 Å². The molecule has 1 saturated heterocycles. The van der Waals surface area contributed by atoms with E-state index in [0.29, 0.717) is 29.9 Å². The Balaban J connectivity index is 1.77. The highest BCUT2D eigenvalue weighted by molar-refractivity contribution is 7.80. The van der Waals surface area contributed by atoms with Crippen LogP contribution in [0.1, 0.15) is 23.2 Å². The van der Waals surface area contributed by atoms with Gasteiger partial charge in [-0.3, -0.25) is 10.1 Å².